The van der Waals surface area contributed by atoms with Crippen molar-refractivity contribution in [2.24, 2.45) is 0 Å². The predicted molar refractivity (Wildman–Crippen MR) is 44.1 cm³/mol. The van der Waals surface area contributed by atoms with E-state index in [2.05, 4.69) is 16.3 Å². The number of rotatable bonds is 1. The summed E-state index contributed by atoms with van der Waals surface area (Å²) in [6.45, 7) is 6.14. The standard InChI is InChI=1S/C8H15N3/c1-8(7-9)11-5-2-3-10-4-6-11/h8,10H,2-6H2,1H3. The highest BCUT2D eigenvalue weighted by molar-refractivity contribution is 4.88. The third-order valence-corrected chi connectivity index (χ3v) is 2.11. The van der Waals surface area contributed by atoms with Gasteiger partial charge in [0.15, 0.2) is 0 Å². The van der Waals surface area contributed by atoms with Gasteiger partial charge in [0, 0.05) is 19.6 Å². The smallest absolute Gasteiger partial charge is 0.0949 e. The van der Waals surface area contributed by atoms with Gasteiger partial charge in [-0.1, -0.05) is 0 Å². The minimum absolute atomic E-state index is 0.0786. The van der Waals surface area contributed by atoms with Crippen molar-refractivity contribution in [2.75, 3.05) is 26.2 Å². The first-order valence-corrected chi connectivity index (χ1v) is 4.19. The highest BCUT2D eigenvalue weighted by atomic mass is 15.2. The van der Waals surface area contributed by atoms with E-state index in [0.29, 0.717) is 0 Å². The second-order valence-electron chi connectivity index (χ2n) is 2.94. The molecule has 0 aliphatic carbocycles. The van der Waals surface area contributed by atoms with Crippen LogP contribution in [0.15, 0.2) is 0 Å². The van der Waals surface area contributed by atoms with Crippen LogP contribution in [0.25, 0.3) is 0 Å². The van der Waals surface area contributed by atoms with E-state index < -0.39 is 0 Å². The van der Waals surface area contributed by atoms with E-state index in [0.717, 1.165) is 32.6 Å². The summed E-state index contributed by atoms with van der Waals surface area (Å²) in [6.07, 6.45) is 1.16. The van der Waals surface area contributed by atoms with Crippen LogP contribution in [0, 0.1) is 11.3 Å². The summed E-state index contributed by atoms with van der Waals surface area (Å²) in [4.78, 5) is 2.22. The maximum absolute atomic E-state index is 8.67. The Bertz CT molecular complexity index is 142. The van der Waals surface area contributed by atoms with E-state index in [1.54, 1.807) is 0 Å². The Labute approximate surface area is 68.0 Å². The molecule has 1 unspecified atom stereocenters. The third-order valence-electron chi connectivity index (χ3n) is 2.11. The Morgan fingerprint density at radius 1 is 1.45 bits per heavy atom. The summed E-state index contributed by atoms with van der Waals surface area (Å²) in [5.41, 5.74) is 0. The van der Waals surface area contributed by atoms with Gasteiger partial charge in [-0.05, 0) is 19.9 Å². The van der Waals surface area contributed by atoms with Crippen LogP contribution in [-0.4, -0.2) is 37.1 Å². The predicted octanol–water partition coefficient (Wildman–Crippen LogP) is 0.194. The van der Waals surface area contributed by atoms with Gasteiger partial charge in [0.05, 0.1) is 12.1 Å². The van der Waals surface area contributed by atoms with Gasteiger partial charge in [0.1, 0.15) is 0 Å². The molecule has 11 heavy (non-hydrogen) atoms. The lowest BCUT2D eigenvalue weighted by atomic mass is 10.3. The van der Waals surface area contributed by atoms with Crippen LogP contribution in [0.4, 0.5) is 0 Å². The first-order chi connectivity index (χ1) is 5.34. The Morgan fingerprint density at radius 3 is 3.00 bits per heavy atom. The molecule has 1 heterocycles. The normalized spacial score (nSPS) is 23.6. The largest absolute Gasteiger partial charge is 0.315 e. The van der Waals surface area contributed by atoms with Crippen molar-refractivity contribution >= 4 is 0 Å². The quantitative estimate of drug-likeness (QED) is 0.584. The van der Waals surface area contributed by atoms with Gasteiger partial charge in [-0.3, -0.25) is 4.90 Å². The highest BCUT2D eigenvalue weighted by Crippen LogP contribution is 2.00. The van der Waals surface area contributed by atoms with E-state index in [1.165, 1.54) is 0 Å². The summed E-state index contributed by atoms with van der Waals surface area (Å²) in [7, 11) is 0. The zero-order valence-corrected chi connectivity index (χ0v) is 7.01. The zero-order chi connectivity index (χ0) is 8.10. The molecule has 1 N–H and O–H groups in total. The monoisotopic (exact) mass is 153 g/mol. The first kappa shape index (κ1) is 8.51. The molecule has 1 aliphatic heterocycles. The molecule has 62 valence electrons. The molecule has 0 aromatic rings. The van der Waals surface area contributed by atoms with Gasteiger partial charge in [-0.25, -0.2) is 0 Å². The van der Waals surface area contributed by atoms with Crippen molar-refractivity contribution in [1.29, 1.82) is 5.26 Å². The average Bonchev–Trinajstić information content (AvgIpc) is 2.30. The molecular formula is C8H15N3. The van der Waals surface area contributed by atoms with Crippen LogP contribution in [-0.2, 0) is 0 Å². The molecule has 1 rings (SSSR count). The third kappa shape index (κ3) is 2.49. The molecule has 0 saturated carbocycles. The SMILES string of the molecule is CC(C#N)N1CCCNCC1. The van der Waals surface area contributed by atoms with Crippen LogP contribution >= 0.6 is 0 Å². The molecule has 3 nitrogen and oxygen atoms in total. The molecule has 0 spiro atoms. The molecule has 0 amide bonds. The zero-order valence-electron chi connectivity index (χ0n) is 7.01. The molecule has 1 aliphatic rings. The van der Waals surface area contributed by atoms with Crippen LogP contribution in [0.1, 0.15) is 13.3 Å². The fourth-order valence-corrected chi connectivity index (χ4v) is 1.34. The maximum Gasteiger partial charge on any atom is 0.0949 e. The Balaban J connectivity index is 2.37. The molecule has 1 fully saturated rings. The van der Waals surface area contributed by atoms with E-state index in [1.807, 2.05) is 6.92 Å². The number of hydrogen-bond acceptors (Lipinski definition) is 3. The lowest BCUT2D eigenvalue weighted by molar-refractivity contribution is 0.263. The van der Waals surface area contributed by atoms with Crippen LogP contribution in [0.3, 0.4) is 0 Å². The van der Waals surface area contributed by atoms with E-state index in [-0.39, 0.29) is 6.04 Å². The molecule has 0 radical (unpaired) electrons. The highest BCUT2D eigenvalue weighted by Gasteiger charge is 2.13. The van der Waals surface area contributed by atoms with Gasteiger partial charge < -0.3 is 5.32 Å². The van der Waals surface area contributed by atoms with Gasteiger partial charge in [0.25, 0.3) is 0 Å². The summed E-state index contributed by atoms with van der Waals surface area (Å²) in [5.74, 6) is 0. The van der Waals surface area contributed by atoms with Crippen LogP contribution < -0.4 is 5.32 Å². The fourth-order valence-electron chi connectivity index (χ4n) is 1.34. The van der Waals surface area contributed by atoms with Crippen molar-refractivity contribution in [3.05, 3.63) is 0 Å². The topological polar surface area (TPSA) is 39.1 Å². The summed E-state index contributed by atoms with van der Waals surface area (Å²) < 4.78 is 0. The van der Waals surface area contributed by atoms with Gasteiger partial charge in [0.2, 0.25) is 0 Å². The summed E-state index contributed by atoms with van der Waals surface area (Å²) >= 11 is 0. The number of nitriles is 1. The minimum Gasteiger partial charge on any atom is -0.315 e. The molecule has 3 heteroatoms. The fraction of sp³-hybridized carbons (Fsp3) is 0.875. The summed E-state index contributed by atoms with van der Waals surface area (Å²) in [5, 5.41) is 12.0. The van der Waals surface area contributed by atoms with Gasteiger partial charge >= 0.3 is 0 Å². The Morgan fingerprint density at radius 2 is 2.27 bits per heavy atom. The number of nitrogens with one attached hydrogen (secondary N) is 1. The van der Waals surface area contributed by atoms with Crippen molar-refractivity contribution in [3.63, 3.8) is 0 Å². The molecule has 1 atom stereocenters. The Kier molecular flexibility index (Phi) is 3.34. The molecule has 1 saturated heterocycles. The number of nitrogens with zero attached hydrogens (tertiary/aromatic N) is 2. The van der Waals surface area contributed by atoms with Crippen molar-refractivity contribution in [2.45, 2.75) is 19.4 Å². The van der Waals surface area contributed by atoms with Crippen molar-refractivity contribution in [1.82, 2.24) is 10.2 Å². The van der Waals surface area contributed by atoms with Crippen LogP contribution in [0.2, 0.25) is 0 Å². The lowest BCUT2D eigenvalue weighted by Crippen LogP contribution is -2.34. The van der Waals surface area contributed by atoms with E-state index in [4.69, 9.17) is 5.26 Å². The second kappa shape index (κ2) is 4.32. The lowest BCUT2D eigenvalue weighted by Gasteiger charge is -2.21. The van der Waals surface area contributed by atoms with Gasteiger partial charge in [-0.2, -0.15) is 5.26 Å². The first-order valence-electron chi connectivity index (χ1n) is 4.19. The minimum atomic E-state index is 0.0786. The molecule has 0 aromatic carbocycles. The maximum atomic E-state index is 8.67. The second-order valence-corrected chi connectivity index (χ2v) is 2.94. The molecule has 0 aromatic heterocycles. The van der Waals surface area contributed by atoms with Crippen molar-refractivity contribution < 1.29 is 0 Å². The summed E-state index contributed by atoms with van der Waals surface area (Å²) in [6, 6.07) is 2.34. The molecule has 0 bridgehead atoms. The average molecular weight is 153 g/mol. The van der Waals surface area contributed by atoms with Crippen LogP contribution in [0.5, 0.6) is 0 Å². The number of hydrogen-bond donors (Lipinski definition) is 1. The van der Waals surface area contributed by atoms with Gasteiger partial charge in [-0.15, -0.1) is 0 Å². The van der Waals surface area contributed by atoms with E-state index >= 15 is 0 Å². The Hall–Kier alpha value is -0.590. The van der Waals surface area contributed by atoms with Crippen molar-refractivity contribution in [3.8, 4) is 6.07 Å². The molecular weight excluding hydrogens is 138 g/mol. The van der Waals surface area contributed by atoms with E-state index in [9.17, 15) is 0 Å².